The number of ether oxygens (including phenoxy) is 1. The Morgan fingerprint density at radius 2 is 2.06 bits per heavy atom. The van der Waals surface area contributed by atoms with Crippen LogP contribution in [0, 0.1) is 5.92 Å². The molecule has 0 radical (unpaired) electrons. The Bertz CT molecular complexity index is 314. The van der Waals surface area contributed by atoms with E-state index >= 15 is 0 Å². The van der Waals surface area contributed by atoms with Gasteiger partial charge in [0.1, 0.15) is 5.60 Å². The molecule has 2 aliphatic heterocycles. The van der Waals surface area contributed by atoms with Gasteiger partial charge in [-0.2, -0.15) is 0 Å². The molecule has 0 spiro atoms. The maximum Gasteiger partial charge on any atom is 0.410 e. The van der Waals surface area contributed by atoms with Crippen molar-refractivity contribution in [1.29, 1.82) is 0 Å². The van der Waals surface area contributed by atoms with E-state index in [1.165, 1.54) is 0 Å². The highest BCUT2D eigenvalue weighted by Gasteiger charge is 2.38. The summed E-state index contributed by atoms with van der Waals surface area (Å²) >= 11 is 0. The molecular formula is C13H24N2O3. The van der Waals surface area contributed by atoms with Crippen molar-refractivity contribution >= 4 is 6.09 Å². The molecule has 0 aromatic heterocycles. The van der Waals surface area contributed by atoms with Gasteiger partial charge in [0.2, 0.25) is 0 Å². The van der Waals surface area contributed by atoms with E-state index in [1.807, 2.05) is 20.8 Å². The smallest absolute Gasteiger partial charge is 0.410 e. The molecule has 5 heteroatoms. The number of fused-ring (bicyclic) bond motifs is 1. The predicted molar refractivity (Wildman–Crippen MR) is 68.4 cm³/mol. The standard InChI is InChI=1S/C13H24N2O3/c1-13(2,3)18-12(17)15-5-4-14-7-10(9-16)6-11(14)8-15/h10-11,16H,4-9H2,1-3H3/t10-,11+/m1/s1. The van der Waals surface area contributed by atoms with Crippen molar-refractivity contribution in [2.24, 2.45) is 5.92 Å². The first kappa shape index (κ1) is 13.6. The molecule has 0 bridgehead atoms. The summed E-state index contributed by atoms with van der Waals surface area (Å²) in [5, 5.41) is 9.21. The summed E-state index contributed by atoms with van der Waals surface area (Å²) < 4.78 is 5.40. The molecule has 0 aromatic carbocycles. The molecule has 2 aliphatic rings. The highest BCUT2D eigenvalue weighted by atomic mass is 16.6. The van der Waals surface area contributed by atoms with Crippen LogP contribution in [-0.4, -0.2) is 65.4 Å². The lowest BCUT2D eigenvalue weighted by Gasteiger charge is -2.37. The van der Waals surface area contributed by atoms with Gasteiger partial charge in [0, 0.05) is 38.8 Å². The Kier molecular flexibility index (Phi) is 3.82. The molecule has 0 saturated carbocycles. The van der Waals surface area contributed by atoms with Gasteiger partial charge >= 0.3 is 6.09 Å². The second-order valence-electron chi connectivity index (χ2n) is 6.36. The van der Waals surface area contributed by atoms with Crippen molar-refractivity contribution < 1.29 is 14.6 Å². The van der Waals surface area contributed by atoms with Crippen LogP contribution >= 0.6 is 0 Å². The van der Waals surface area contributed by atoms with E-state index in [2.05, 4.69) is 4.90 Å². The quantitative estimate of drug-likeness (QED) is 0.758. The zero-order chi connectivity index (χ0) is 13.3. The van der Waals surface area contributed by atoms with Gasteiger partial charge in [0.15, 0.2) is 0 Å². The topological polar surface area (TPSA) is 53.0 Å². The molecular weight excluding hydrogens is 232 g/mol. The SMILES string of the molecule is CC(C)(C)OC(=O)N1CCN2C[C@H](CO)C[C@H]2C1. The Labute approximate surface area is 109 Å². The lowest BCUT2D eigenvalue weighted by Crippen LogP contribution is -2.53. The number of hydrogen-bond acceptors (Lipinski definition) is 4. The van der Waals surface area contributed by atoms with Crippen LogP contribution in [0.25, 0.3) is 0 Å². The van der Waals surface area contributed by atoms with Crippen molar-refractivity contribution in [3.8, 4) is 0 Å². The third-order valence-electron chi connectivity index (χ3n) is 3.61. The molecule has 2 atom stereocenters. The van der Waals surface area contributed by atoms with Crippen LogP contribution in [0.15, 0.2) is 0 Å². The van der Waals surface area contributed by atoms with Crippen molar-refractivity contribution in [3.63, 3.8) is 0 Å². The summed E-state index contributed by atoms with van der Waals surface area (Å²) in [4.78, 5) is 16.2. The highest BCUT2D eigenvalue weighted by Crippen LogP contribution is 2.26. The summed E-state index contributed by atoms with van der Waals surface area (Å²) in [6.07, 6.45) is 0.769. The normalized spacial score (nSPS) is 29.2. The summed E-state index contributed by atoms with van der Waals surface area (Å²) in [5.74, 6) is 0.369. The fourth-order valence-electron chi connectivity index (χ4n) is 2.77. The monoisotopic (exact) mass is 256 g/mol. The van der Waals surface area contributed by atoms with E-state index in [9.17, 15) is 9.90 Å². The average molecular weight is 256 g/mol. The second kappa shape index (κ2) is 5.05. The minimum absolute atomic E-state index is 0.213. The predicted octanol–water partition coefficient (Wildman–Crippen LogP) is 0.920. The van der Waals surface area contributed by atoms with Gasteiger partial charge in [0.05, 0.1) is 0 Å². The Balaban J connectivity index is 1.89. The maximum atomic E-state index is 12.0. The number of amides is 1. The molecule has 1 N–H and O–H groups in total. The van der Waals surface area contributed by atoms with Crippen molar-refractivity contribution in [2.75, 3.05) is 32.8 Å². The molecule has 2 rings (SSSR count). The van der Waals surface area contributed by atoms with Gasteiger partial charge in [0.25, 0.3) is 0 Å². The number of rotatable bonds is 1. The zero-order valence-corrected chi connectivity index (χ0v) is 11.6. The van der Waals surface area contributed by atoms with Crippen molar-refractivity contribution in [3.05, 3.63) is 0 Å². The van der Waals surface area contributed by atoms with Crippen LogP contribution in [0.2, 0.25) is 0 Å². The summed E-state index contributed by atoms with van der Waals surface area (Å²) in [6, 6.07) is 0.392. The highest BCUT2D eigenvalue weighted by molar-refractivity contribution is 5.68. The number of carbonyl (C=O) groups excluding carboxylic acids is 1. The summed E-state index contributed by atoms with van der Waals surface area (Å²) in [7, 11) is 0. The van der Waals surface area contributed by atoms with Gasteiger partial charge in [-0.15, -0.1) is 0 Å². The first-order chi connectivity index (χ1) is 8.39. The summed E-state index contributed by atoms with van der Waals surface area (Å²) in [5.41, 5.74) is -0.433. The zero-order valence-electron chi connectivity index (χ0n) is 11.6. The Morgan fingerprint density at radius 3 is 2.67 bits per heavy atom. The van der Waals surface area contributed by atoms with Gasteiger partial charge in [-0.05, 0) is 33.1 Å². The van der Waals surface area contributed by atoms with E-state index in [4.69, 9.17) is 4.74 Å². The number of hydrogen-bond donors (Lipinski definition) is 1. The van der Waals surface area contributed by atoms with Crippen molar-refractivity contribution in [2.45, 2.75) is 38.8 Å². The molecule has 0 aliphatic carbocycles. The van der Waals surface area contributed by atoms with E-state index in [0.29, 0.717) is 12.0 Å². The van der Waals surface area contributed by atoms with Gasteiger partial charge in [-0.3, -0.25) is 4.90 Å². The second-order valence-corrected chi connectivity index (χ2v) is 6.36. The fourth-order valence-corrected chi connectivity index (χ4v) is 2.77. The Morgan fingerprint density at radius 1 is 1.33 bits per heavy atom. The molecule has 1 amide bonds. The first-order valence-corrected chi connectivity index (χ1v) is 6.72. The third-order valence-corrected chi connectivity index (χ3v) is 3.61. The lowest BCUT2D eigenvalue weighted by molar-refractivity contribution is 0.00921. The molecule has 2 fully saturated rings. The minimum Gasteiger partial charge on any atom is -0.444 e. The van der Waals surface area contributed by atoms with Crippen LogP contribution in [0.1, 0.15) is 27.2 Å². The minimum atomic E-state index is -0.433. The number of nitrogens with zero attached hydrogens (tertiary/aromatic N) is 2. The van der Waals surface area contributed by atoms with Crippen LogP contribution in [0.4, 0.5) is 4.79 Å². The third kappa shape index (κ3) is 3.14. The van der Waals surface area contributed by atoms with E-state index in [0.717, 1.165) is 32.6 Å². The molecule has 104 valence electrons. The number of piperazine rings is 1. The Hall–Kier alpha value is -0.810. The first-order valence-electron chi connectivity index (χ1n) is 6.72. The molecule has 0 unspecified atom stereocenters. The van der Waals surface area contributed by atoms with Crippen LogP contribution in [0.3, 0.4) is 0 Å². The van der Waals surface area contributed by atoms with Gasteiger partial charge in [-0.1, -0.05) is 0 Å². The van der Waals surface area contributed by atoms with E-state index in [-0.39, 0.29) is 12.7 Å². The number of aliphatic hydroxyl groups is 1. The lowest BCUT2D eigenvalue weighted by atomic mass is 10.1. The van der Waals surface area contributed by atoms with E-state index in [1.54, 1.807) is 4.90 Å². The van der Waals surface area contributed by atoms with Gasteiger partial charge in [-0.25, -0.2) is 4.79 Å². The van der Waals surface area contributed by atoms with Crippen LogP contribution in [0.5, 0.6) is 0 Å². The average Bonchev–Trinajstić information content (AvgIpc) is 2.68. The number of aliphatic hydroxyl groups excluding tert-OH is 1. The molecule has 0 aromatic rings. The van der Waals surface area contributed by atoms with Crippen LogP contribution in [-0.2, 0) is 4.74 Å². The summed E-state index contributed by atoms with van der Waals surface area (Å²) in [6.45, 7) is 9.22. The van der Waals surface area contributed by atoms with Crippen LogP contribution < -0.4 is 0 Å². The van der Waals surface area contributed by atoms with E-state index < -0.39 is 5.60 Å². The fraction of sp³-hybridized carbons (Fsp3) is 0.923. The van der Waals surface area contributed by atoms with Gasteiger partial charge < -0.3 is 14.7 Å². The number of carbonyl (C=O) groups is 1. The maximum absolute atomic E-state index is 12.0. The molecule has 5 nitrogen and oxygen atoms in total. The van der Waals surface area contributed by atoms with Crippen molar-refractivity contribution in [1.82, 2.24) is 9.80 Å². The molecule has 2 saturated heterocycles. The largest absolute Gasteiger partial charge is 0.444 e. The molecule has 18 heavy (non-hydrogen) atoms. The molecule has 2 heterocycles.